The summed E-state index contributed by atoms with van der Waals surface area (Å²) >= 11 is 0. The first-order valence-electron chi connectivity index (χ1n) is 5.78. The largest absolute Gasteiger partial charge is 0.393 e. The lowest BCUT2D eigenvalue weighted by molar-refractivity contribution is -0.121. The highest BCUT2D eigenvalue weighted by atomic mass is 16.3. The van der Waals surface area contributed by atoms with Crippen LogP contribution in [0, 0.1) is 0 Å². The van der Waals surface area contributed by atoms with E-state index in [9.17, 15) is 4.79 Å². The number of amides is 1. The van der Waals surface area contributed by atoms with Gasteiger partial charge in [-0.15, -0.1) is 0 Å². The van der Waals surface area contributed by atoms with Crippen LogP contribution in [0.4, 0.5) is 0 Å². The van der Waals surface area contributed by atoms with Gasteiger partial charge in [0.25, 0.3) is 0 Å². The van der Waals surface area contributed by atoms with Gasteiger partial charge in [-0.3, -0.25) is 4.79 Å². The number of hydrogen-bond acceptors (Lipinski definition) is 3. The van der Waals surface area contributed by atoms with Gasteiger partial charge in [-0.2, -0.15) is 0 Å². The van der Waals surface area contributed by atoms with Crippen LogP contribution in [-0.4, -0.2) is 35.7 Å². The minimum Gasteiger partial charge on any atom is -0.393 e. The maximum atomic E-state index is 11.4. The first kappa shape index (κ1) is 12.5. The quantitative estimate of drug-likeness (QED) is 0.575. The fraction of sp³-hybridized carbons (Fsp3) is 0.909. The van der Waals surface area contributed by atoms with E-state index in [1.54, 1.807) is 6.92 Å². The minimum absolute atomic E-state index is 0.0541. The zero-order valence-corrected chi connectivity index (χ0v) is 9.62. The maximum Gasteiger partial charge on any atom is 0.221 e. The Hall–Kier alpha value is -0.610. The van der Waals surface area contributed by atoms with Crippen LogP contribution < -0.4 is 10.6 Å². The summed E-state index contributed by atoms with van der Waals surface area (Å²) in [4.78, 5) is 11.4. The molecule has 1 aliphatic rings. The van der Waals surface area contributed by atoms with E-state index in [0.29, 0.717) is 18.9 Å². The maximum absolute atomic E-state index is 11.4. The van der Waals surface area contributed by atoms with Crippen molar-refractivity contribution in [1.82, 2.24) is 10.6 Å². The number of rotatable bonds is 7. The number of carbonyl (C=O) groups excluding carboxylic acids is 1. The molecule has 0 bridgehead atoms. The molecular formula is C11H22N2O2. The molecule has 3 N–H and O–H groups in total. The molecule has 0 saturated heterocycles. The van der Waals surface area contributed by atoms with Gasteiger partial charge in [0.1, 0.15) is 0 Å². The van der Waals surface area contributed by atoms with Crippen LogP contribution in [0.1, 0.15) is 39.5 Å². The van der Waals surface area contributed by atoms with Gasteiger partial charge in [-0.1, -0.05) is 0 Å². The smallest absolute Gasteiger partial charge is 0.221 e. The molecule has 1 fully saturated rings. The van der Waals surface area contributed by atoms with Gasteiger partial charge in [-0.25, -0.2) is 0 Å². The monoisotopic (exact) mass is 214 g/mol. The molecule has 1 amide bonds. The summed E-state index contributed by atoms with van der Waals surface area (Å²) in [6, 6.07) is 0.714. The lowest BCUT2D eigenvalue weighted by Gasteiger charge is -2.15. The van der Waals surface area contributed by atoms with E-state index in [1.807, 2.05) is 6.92 Å². The number of carbonyl (C=O) groups is 1. The van der Waals surface area contributed by atoms with Gasteiger partial charge in [0.15, 0.2) is 0 Å². The molecule has 1 aliphatic carbocycles. The lowest BCUT2D eigenvalue weighted by Crippen LogP contribution is -2.36. The minimum atomic E-state index is -0.357. The fourth-order valence-corrected chi connectivity index (χ4v) is 1.59. The Bertz CT molecular complexity index is 203. The molecule has 88 valence electrons. The molecule has 0 aromatic carbocycles. The van der Waals surface area contributed by atoms with E-state index < -0.39 is 0 Å². The summed E-state index contributed by atoms with van der Waals surface area (Å²) in [7, 11) is 0. The fourth-order valence-electron chi connectivity index (χ4n) is 1.59. The Morgan fingerprint density at radius 3 is 2.67 bits per heavy atom. The average molecular weight is 214 g/mol. The lowest BCUT2D eigenvalue weighted by atomic mass is 10.1. The Balaban J connectivity index is 2.00. The van der Waals surface area contributed by atoms with Crippen LogP contribution in [0.25, 0.3) is 0 Å². The van der Waals surface area contributed by atoms with Crippen molar-refractivity contribution in [2.75, 3.05) is 6.54 Å². The number of nitrogens with one attached hydrogen (secondary N) is 2. The summed E-state index contributed by atoms with van der Waals surface area (Å²) in [5, 5.41) is 15.3. The van der Waals surface area contributed by atoms with Gasteiger partial charge in [0.05, 0.1) is 6.10 Å². The van der Waals surface area contributed by atoms with Crippen molar-refractivity contribution in [2.24, 2.45) is 0 Å². The van der Waals surface area contributed by atoms with Crippen molar-refractivity contribution < 1.29 is 9.90 Å². The molecule has 0 radical (unpaired) electrons. The van der Waals surface area contributed by atoms with E-state index in [1.165, 1.54) is 12.8 Å². The van der Waals surface area contributed by atoms with Crippen LogP contribution >= 0.6 is 0 Å². The molecule has 0 heterocycles. The molecule has 0 spiro atoms. The first-order valence-corrected chi connectivity index (χ1v) is 5.78. The van der Waals surface area contributed by atoms with Crippen molar-refractivity contribution in [2.45, 2.75) is 57.7 Å². The molecule has 1 saturated carbocycles. The van der Waals surface area contributed by atoms with Crippen LogP contribution in [0.5, 0.6) is 0 Å². The molecule has 2 unspecified atom stereocenters. The molecule has 15 heavy (non-hydrogen) atoms. The zero-order valence-electron chi connectivity index (χ0n) is 9.62. The summed E-state index contributed by atoms with van der Waals surface area (Å²) < 4.78 is 0. The second-order valence-electron chi connectivity index (χ2n) is 4.53. The second-order valence-corrected chi connectivity index (χ2v) is 4.53. The number of hydrogen-bond donors (Lipinski definition) is 3. The molecule has 4 heteroatoms. The molecule has 2 atom stereocenters. The van der Waals surface area contributed by atoms with E-state index in [2.05, 4.69) is 10.6 Å². The van der Waals surface area contributed by atoms with Gasteiger partial charge in [0, 0.05) is 25.0 Å². The van der Waals surface area contributed by atoms with Crippen LogP contribution in [0.3, 0.4) is 0 Å². The highest BCUT2D eigenvalue weighted by Crippen LogP contribution is 2.18. The Labute approximate surface area is 91.4 Å². The summed E-state index contributed by atoms with van der Waals surface area (Å²) in [5.41, 5.74) is 0. The van der Waals surface area contributed by atoms with E-state index in [4.69, 9.17) is 5.11 Å². The number of aliphatic hydroxyl groups excluding tert-OH is 1. The molecule has 4 nitrogen and oxygen atoms in total. The molecule has 0 aliphatic heterocycles. The van der Waals surface area contributed by atoms with Crippen molar-refractivity contribution in [3.63, 3.8) is 0 Å². The van der Waals surface area contributed by atoms with Gasteiger partial charge in [0.2, 0.25) is 5.91 Å². The topological polar surface area (TPSA) is 61.4 Å². The highest BCUT2D eigenvalue weighted by Gasteiger charge is 2.20. The Morgan fingerprint density at radius 1 is 1.47 bits per heavy atom. The zero-order chi connectivity index (χ0) is 11.3. The van der Waals surface area contributed by atoms with Crippen LogP contribution in [0.15, 0.2) is 0 Å². The SMILES string of the molecule is CC(O)CC(C)NC(=O)CCNC1CC1. The molecule has 0 aromatic heterocycles. The van der Waals surface area contributed by atoms with Crippen LogP contribution in [-0.2, 0) is 4.79 Å². The second kappa shape index (κ2) is 6.08. The standard InChI is InChI=1S/C11H22N2O2/c1-8(7-9(2)14)13-11(15)5-6-12-10-3-4-10/h8-10,12,14H,3-7H2,1-2H3,(H,13,15). The first-order chi connectivity index (χ1) is 7.08. The highest BCUT2D eigenvalue weighted by molar-refractivity contribution is 5.76. The van der Waals surface area contributed by atoms with E-state index >= 15 is 0 Å². The third-order valence-corrected chi connectivity index (χ3v) is 2.46. The van der Waals surface area contributed by atoms with Crippen molar-refractivity contribution in [3.8, 4) is 0 Å². The van der Waals surface area contributed by atoms with E-state index in [-0.39, 0.29) is 18.1 Å². The predicted molar refractivity (Wildman–Crippen MR) is 59.5 cm³/mol. The average Bonchev–Trinajstić information content (AvgIpc) is 2.85. The van der Waals surface area contributed by atoms with Gasteiger partial charge in [-0.05, 0) is 33.1 Å². The third kappa shape index (κ3) is 6.47. The van der Waals surface area contributed by atoms with Crippen molar-refractivity contribution in [3.05, 3.63) is 0 Å². The predicted octanol–water partition coefficient (Wildman–Crippen LogP) is 0.404. The van der Waals surface area contributed by atoms with Crippen molar-refractivity contribution in [1.29, 1.82) is 0 Å². The summed E-state index contributed by atoms with van der Waals surface area (Å²) in [6.45, 7) is 4.41. The number of aliphatic hydroxyl groups is 1. The molecule has 0 aromatic rings. The summed E-state index contributed by atoms with van der Waals surface area (Å²) in [6.07, 6.45) is 3.28. The summed E-state index contributed by atoms with van der Waals surface area (Å²) in [5.74, 6) is 0.0660. The van der Waals surface area contributed by atoms with E-state index in [0.717, 1.165) is 6.54 Å². The van der Waals surface area contributed by atoms with Gasteiger partial charge < -0.3 is 15.7 Å². The molecule has 1 rings (SSSR count). The normalized spacial score (nSPS) is 19.7. The molecular weight excluding hydrogens is 192 g/mol. The Kier molecular flexibility index (Phi) is 5.05. The van der Waals surface area contributed by atoms with Crippen molar-refractivity contribution >= 4 is 5.91 Å². The third-order valence-electron chi connectivity index (χ3n) is 2.46. The van der Waals surface area contributed by atoms with Gasteiger partial charge >= 0.3 is 0 Å². The Morgan fingerprint density at radius 2 is 2.13 bits per heavy atom. The van der Waals surface area contributed by atoms with Crippen LogP contribution in [0.2, 0.25) is 0 Å².